The summed E-state index contributed by atoms with van der Waals surface area (Å²) in [7, 11) is 1.81. The number of halogens is 1. The van der Waals surface area contributed by atoms with Crippen molar-refractivity contribution in [1.29, 1.82) is 0 Å². The number of fused-ring (bicyclic) bond motifs is 1. The summed E-state index contributed by atoms with van der Waals surface area (Å²) in [5, 5.41) is 8.36. The van der Waals surface area contributed by atoms with Crippen LogP contribution >= 0.6 is 15.9 Å². The van der Waals surface area contributed by atoms with Gasteiger partial charge in [0.15, 0.2) is 0 Å². The first-order valence-corrected chi connectivity index (χ1v) is 10.1. The summed E-state index contributed by atoms with van der Waals surface area (Å²) < 4.78 is 2.72. The van der Waals surface area contributed by atoms with Crippen molar-refractivity contribution in [2.75, 3.05) is 0 Å². The second kappa shape index (κ2) is 8.31. The van der Waals surface area contributed by atoms with Gasteiger partial charge in [0.2, 0.25) is 5.91 Å². The standard InChI is InChI=1S/C21H25BrN4O2/c1-12(11-15-5-7-16(22)8-6-15)23-18(27)10-9-17-13(2)19-14(3)25-26(4)20(19)24-21(17)28/h5-8,12H,9-11H2,1-4H3,(H,23,27)(H,24,28). The molecule has 1 unspecified atom stereocenters. The highest BCUT2D eigenvalue weighted by Gasteiger charge is 2.16. The van der Waals surface area contributed by atoms with Crippen molar-refractivity contribution >= 4 is 32.9 Å². The largest absolute Gasteiger partial charge is 0.353 e. The second-order valence-corrected chi connectivity index (χ2v) is 8.21. The molecule has 1 amide bonds. The highest BCUT2D eigenvalue weighted by Crippen LogP contribution is 2.21. The molecule has 2 heterocycles. The maximum Gasteiger partial charge on any atom is 0.253 e. The van der Waals surface area contributed by atoms with E-state index in [-0.39, 0.29) is 23.9 Å². The van der Waals surface area contributed by atoms with E-state index >= 15 is 0 Å². The maximum atomic E-state index is 12.5. The highest BCUT2D eigenvalue weighted by molar-refractivity contribution is 9.10. The van der Waals surface area contributed by atoms with Crippen LogP contribution in [0.15, 0.2) is 33.5 Å². The van der Waals surface area contributed by atoms with Crippen molar-refractivity contribution in [1.82, 2.24) is 20.1 Å². The predicted octanol–water partition coefficient (Wildman–Crippen LogP) is 3.32. The van der Waals surface area contributed by atoms with E-state index in [0.717, 1.165) is 33.2 Å². The van der Waals surface area contributed by atoms with Gasteiger partial charge < -0.3 is 10.3 Å². The van der Waals surface area contributed by atoms with Crippen LogP contribution in [0.3, 0.4) is 0 Å². The molecular formula is C21H25BrN4O2. The Morgan fingerprint density at radius 2 is 1.96 bits per heavy atom. The zero-order valence-corrected chi connectivity index (χ0v) is 18.2. The minimum absolute atomic E-state index is 0.0242. The molecule has 28 heavy (non-hydrogen) atoms. The van der Waals surface area contributed by atoms with Crippen molar-refractivity contribution in [3.63, 3.8) is 0 Å². The molecule has 3 aromatic rings. The minimum atomic E-state index is -0.149. The predicted molar refractivity (Wildman–Crippen MR) is 115 cm³/mol. The van der Waals surface area contributed by atoms with Crippen LogP contribution in [0, 0.1) is 13.8 Å². The number of aryl methyl sites for hydroxylation is 3. The van der Waals surface area contributed by atoms with Gasteiger partial charge in [0.1, 0.15) is 5.65 Å². The van der Waals surface area contributed by atoms with Crippen LogP contribution in [0.25, 0.3) is 11.0 Å². The Kier molecular flexibility index (Phi) is 6.03. The Hall–Kier alpha value is -2.41. The average Bonchev–Trinajstić information content (AvgIpc) is 2.90. The SMILES string of the molecule is Cc1nn(C)c2[nH]c(=O)c(CCC(=O)NC(C)Cc3ccc(Br)cc3)c(C)c12. The molecule has 0 spiro atoms. The Morgan fingerprint density at radius 1 is 1.29 bits per heavy atom. The van der Waals surface area contributed by atoms with E-state index < -0.39 is 0 Å². The van der Waals surface area contributed by atoms with Crippen molar-refractivity contribution in [3.05, 3.63) is 61.5 Å². The Balaban J connectivity index is 1.65. The molecule has 6 nitrogen and oxygen atoms in total. The molecule has 2 N–H and O–H groups in total. The number of carbonyl (C=O) groups is 1. The van der Waals surface area contributed by atoms with Gasteiger partial charge in [-0.3, -0.25) is 14.3 Å². The van der Waals surface area contributed by atoms with E-state index in [0.29, 0.717) is 12.0 Å². The summed E-state index contributed by atoms with van der Waals surface area (Å²) in [4.78, 5) is 27.8. The average molecular weight is 445 g/mol. The number of hydrogen-bond donors (Lipinski definition) is 2. The fraction of sp³-hybridized carbons (Fsp3) is 0.381. The van der Waals surface area contributed by atoms with E-state index in [1.165, 1.54) is 5.56 Å². The number of nitrogens with zero attached hydrogens (tertiary/aromatic N) is 2. The lowest BCUT2D eigenvalue weighted by Gasteiger charge is -2.14. The van der Waals surface area contributed by atoms with Gasteiger partial charge in [0.25, 0.3) is 5.56 Å². The fourth-order valence-corrected chi connectivity index (χ4v) is 3.93. The first-order chi connectivity index (χ1) is 13.3. The van der Waals surface area contributed by atoms with Crippen LogP contribution < -0.4 is 10.9 Å². The molecule has 1 aromatic carbocycles. The van der Waals surface area contributed by atoms with E-state index in [1.54, 1.807) is 4.68 Å². The van der Waals surface area contributed by atoms with E-state index in [4.69, 9.17) is 0 Å². The zero-order chi connectivity index (χ0) is 20.4. The lowest BCUT2D eigenvalue weighted by Crippen LogP contribution is -2.34. The van der Waals surface area contributed by atoms with E-state index in [2.05, 4.69) is 31.3 Å². The third-order valence-corrected chi connectivity index (χ3v) is 5.55. The van der Waals surface area contributed by atoms with Gasteiger partial charge >= 0.3 is 0 Å². The molecule has 0 saturated carbocycles. The molecule has 1 atom stereocenters. The van der Waals surface area contributed by atoms with Gasteiger partial charge in [-0.1, -0.05) is 28.1 Å². The Labute approximate surface area is 172 Å². The number of amides is 1. The number of pyridine rings is 1. The van der Waals surface area contributed by atoms with Crippen molar-refractivity contribution in [3.8, 4) is 0 Å². The maximum absolute atomic E-state index is 12.5. The first kappa shape index (κ1) is 20.3. The summed E-state index contributed by atoms with van der Waals surface area (Å²) in [6.07, 6.45) is 1.45. The molecule has 148 valence electrons. The number of rotatable bonds is 6. The molecule has 0 aliphatic carbocycles. The van der Waals surface area contributed by atoms with Gasteiger partial charge in [-0.05, 0) is 56.9 Å². The monoisotopic (exact) mass is 444 g/mol. The fourth-order valence-electron chi connectivity index (χ4n) is 3.67. The van der Waals surface area contributed by atoms with Gasteiger partial charge in [0.05, 0.1) is 5.69 Å². The Morgan fingerprint density at radius 3 is 2.64 bits per heavy atom. The number of aromatic amines is 1. The molecular weight excluding hydrogens is 420 g/mol. The lowest BCUT2D eigenvalue weighted by molar-refractivity contribution is -0.121. The molecule has 0 radical (unpaired) electrons. The van der Waals surface area contributed by atoms with Crippen LogP contribution in [-0.2, 0) is 24.7 Å². The summed E-state index contributed by atoms with van der Waals surface area (Å²) in [6.45, 7) is 5.84. The molecule has 2 aromatic heterocycles. The van der Waals surface area contributed by atoms with Gasteiger partial charge in [-0.15, -0.1) is 0 Å². The van der Waals surface area contributed by atoms with Crippen molar-refractivity contribution in [2.24, 2.45) is 7.05 Å². The zero-order valence-electron chi connectivity index (χ0n) is 16.6. The van der Waals surface area contributed by atoms with E-state index in [9.17, 15) is 9.59 Å². The number of aromatic nitrogens is 3. The van der Waals surface area contributed by atoms with E-state index in [1.807, 2.05) is 52.1 Å². The quantitative estimate of drug-likeness (QED) is 0.611. The Bertz CT molecular complexity index is 1070. The lowest BCUT2D eigenvalue weighted by atomic mass is 10.0. The van der Waals surface area contributed by atoms with Gasteiger partial charge in [0, 0.05) is 34.9 Å². The van der Waals surface area contributed by atoms with Gasteiger partial charge in [-0.25, -0.2) is 0 Å². The summed E-state index contributed by atoms with van der Waals surface area (Å²) in [6, 6.07) is 8.10. The number of benzene rings is 1. The molecule has 0 fully saturated rings. The molecule has 3 rings (SSSR count). The van der Waals surface area contributed by atoms with Crippen LogP contribution in [0.4, 0.5) is 0 Å². The summed E-state index contributed by atoms with van der Waals surface area (Å²) in [5.74, 6) is -0.0496. The topological polar surface area (TPSA) is 79.8 Å². The third kappa shape index (κ3) is 4.35. The molecule has 0 aliphatic rings. The highest BCUT2D eigenvalue weighted by atomic mass is 79.9. The normalized spacial score (nSPS) is 12.3. The summed E-state index contributed by atoms with van der Waals surface area (Å²) in [5.41, 5.74) is 4.17. The van der Waals surface area contributed by atoms with Crippen LogP contribution in [0.1, 0.15) is 35.7 Å². The van der Waals surface area contributed by atoms with Crippen LogP contribution in [0.2, 0.25) is 0 Å². The third-order valence-electron chi connectivity index (χ3n) is 5.02. The first-order valence-electron chi connectivity index (χ1n) is 9.35. The van der Waals surface area contributed by atoms with Crippen LogP contribution in [0.5, 0.6) is 0 Å². The smallest absolute Gasteiger partial charge is 0.253 e. The van der Waals surface area contributed by atoms with Crippen molar-refractivity contribution in [2.45, 2.75) is 46.1 Å². The number of H-pyrrole nitrogens is 1. The van der Waals surface area contributed by atoms with Crippen LogP contribution in [-0.4, -0.2) is 26.7 Å². The number of hydrogen-bond acceptors (Lipinski definition) is 3. The number of nitrogens with one attached hydrogen (secondary N) is 2. The molecule has 0 saturated heterocycles. The minimum Gasteiger partial charge on any atom is -0.353 e. The number of carbonyl (C=O) groups excluding carboxylic acids is 1. The van der Waals surface area contributed by atoms with Gasteiger partial charge in [-0.2, -0.15) is 5.10 Å². The molecule has 7 heteroatoms. The van der Waals surface area contributed by atoms with Crippen molar-refractivity contribution < 1.29 is 4.79 Å². The molecule has 0 aliphatic heterocycles. The molecule has 0 bridgehead atoms. The second-order valence-electron chi connectivity index (χ2n) is 7.29. The summed E-state index contributed by atoms with van der Waals surface area (Å²) >= 11 is 3.42.